The van der Waals surface area contributed by atoms with Crippen LogP contribution in [0.3, 0.4) is 0 Å². The van der Waals surface area contributed by atoms with Crippen LogP contribution >= 0.6 is 0 Å². The van der Waals surface area contributed by atoms with Crippen LogP contribution in [-0.2, 0) is 13.1 Å². The van der Waals surface area contributed by atoms with Crippen molar-refractivity contribution in [3.05, 3.63) is 82.9 Å². The molecule has 0 bridgehead atoms. The Morgan fingerprint density at radius 2 is 1.75 bits per heavy atom. The van der Waals surface area contributed by atoms with Gasteiger partial charge in [-0.25, -0.2) is 0 Å². The summed E-state index contributed by atoms with van der Waals surface area (Å²) < 4.78 is 7.70. The number of ether oxygens (including phenoxy) is 1. The minimum Gasteiger partial charge on any atom is -0.494 e. The Hall–Kier alpha value is -3.12. The van der Waals surface area contributed by atoms with E-state index in [4.69, 9.17) is 4.74 Å². The molecule has 0 unspecified atom stereocenters. The summed E-state index contributed by atoms with van der Waals surface area (Å²) in [5.74, 6) is 1.04. The molecule has 6 nitrogen and oxygen atoms in total. The van der Waals surface area contributed by atoms with E-state index in [1.165, 1.54) is 5.56 Å². The fourth-order valence-corrected chi connectivity index (χ4v) is 4.31. The Balaban J connectivity index is 1.35. The largest absolute Gasteiger partial charge is 0.494 e. The maximum atomic E-state index is 13.3. The first-order valence-corrected chi connectivity index (χ1v) is 11.3. The van der Waals surface area contributed by atoms with Crippen molar-refractivity contribution in [3.63, 3.8) is 0 Å². The van der Waals surface area contributed by atoms with E-state index < -0.39 is 0 Å². The highest BCUT2D eigenvalue weighted by molar-refractivity contribution is 5.95. The van der Waals surface area contributed by atoms with E-state index in [0.29, 0.717) is 13.2 Å². The lowest BCUT2D eigenvalue weighted by molar-refractivity contribution is 0.0627. The fraction of sp³-hybridized carbons (Fsp3) is 0.385. The van der Waals surface area contributed by atoms with Gasteiger partial charge < -0.3 is 14.2 Å². The second kappa shape index (κ2) is 10.0. The van der Waals surface area contributed by atoms with Gasteiger partial charge in [-0.1, -0.05) is 18.2 Å². The molecule has 4 rings (SSSR count). The molecule has 1 saturated heterocycles. The number of amides is 1. The molecule has 0 atom stereocenters. The van der Waals surface area contributed by atoms with Crippen LogP contribution in [0.4, 0.5) is 0 Å². The van der Waals surface area contributed by atoms with E-state index in [1.54, 1.807) is 0 Å². The number of nitrogens with zero attached hydrogens (tertiary/aromatic N) is 4. The second-order valence-electron chi connectivity index (χ2n) is 8.34. The van der Waals surface area contributed by atoms with Gasteiger partial charge in [-0.05, 0) is 56.7 Å². The summed E-state index contributed by atoms with van der Waals surface area (Å²) >= 11 is 0. The molecule has 6 heteroatoms. The first-order chi connectivity index (χ1) is 15.5. The number of aryl methyl sites for hydroxylation is 1. The number of piperazine rings is 1. The first-order valence-electron chi connectivity index (χ1n) is 11.3. The Morgan fingerprint density at radius 1 is 1.00 bits per heavy atom. The van der Waals surface area contributed by atoms with E-state index >= 15 is 0 Å². The number of hydrogen-bond acceptors (Lipinski definition) is 4. The predicted molar refractivity (Wildman–Crippen MR) is 126 cm³/mol. The molecule has 3 aromatic rings. The molecule has 2 aromatic heterocycles. The van der Waals surface area contributed by atoms with Crippen LogP contribution in [0, 0.1) is 13.8 Å². The molecule has 1 aliphatic rings. The lowest BCUT2D eigenvalue weighted by atomic mass is 10.1. The van der Waals surface area contributed by atoms with Crippen LogP contribution in [0.2, 0.25) is 0 Å². The molecule has 0 N–H and O–H groups in total. The summed E-state index contributed by atoms with van der Waals surface area (Å²) in [5.41, 5.74) is 5.17. The van der Waals surface area contributed by atoms with Gasteiger partial charge in [0.05, 0.1) is 24.4 Å². The summed E-state index contributed by atoms with van der Waals surface area (Å²) in [4.78, 5) is 22.1. The van der Waals surface area contributed by atoms with Crippen molar-refractivity contribution in [3.8, 4) is 5.75 Å². The van der Waals surface area contributed by atoms with Gasteiger partial charge in [-0.2, -0.15) is 0 Å². The Morgan fingerprint density at radius 3 is 2.41 bits per heavy atom. The molecule has 0 saturated carbocycles. The highest BCUT2D eigenvalue weighted by Crippen LogP contribution is 2.20. The molecule has 3 heterocycles. The molecule has 168 valence electrons. The van der Waals surface area contributed by atoms with Gasteiger partial charge in [0.1, 0.15) is 5.75 Å². The van der Waals surface area contributed by atoms with Crippen molar-refractivity contribution in [1.29, 1.82) is 0 Å². The zero-order chi connectivity index (χ0) is 22.5. The van der Waals surface area contributed by atoms with E-state index in [9.17, 15) is 4.79 Å². The maximum absolute atomic E-state index is 13.3. The van der Waals surface area contributed by atoms with Gasteiger partial charge in [-0.15, -0.1) is 0 Å². The molecule has 0 spiro atoms. The van der Waals surface area contributed by atoms with Gasteiger partial charge >= 0.3 is 0 Å². The van der Waals surface area contributed by atoms with Crippen LogP contribution in [0.25, 0.3) is 0 Å². The monoisotopic (exact) mass is 432 g/mol. The van der Waals surface area contributed by atoms with Crippen molar-refractivity contribution < 1.29 is 9.53 Å². The zero-order valence-corrected chi connectivity index (χ0v) is 19.3. The smallest absolute Gasteiger partial charge is 0.255 e. The molecule has 0 radical (unpaired) electrons. The van der Waals surface area contributed by atoms with E-state index in [-0.39, 0.29) is 5.91 Å². The molecule has 1 amide bonds. The number of carbonyl (C=O) groups excluding carboxylic acids is 1. The lowest BCUT2D eigenvalue weighted by Crippen LogP contribution is -2.48. The number of pyridine rings is 1. The standard InChI is InChI=1S/C26H32N4O2/c1-4-32-24-10-8-22(9-11-24)18-28-13-15-29(16-14-28)26(31)25-17-20(2)30(21(25)3)19-23-7-5-6-12-27-23/h5-12,17H,4,13-16,18-19H2,1-3H3. The maximum Gasteiger partial charge on any atom is 0.255 e. The molecule has 32 heavy (non-hydrogen) atoms. The molecule has 1 aliphatic heterocycles. The summed E-state index contributed by atoms with van der Waals surface area (Å²) in [7, 11) is 0. The molecular weight excluding hydrogens is 400 g/mol. The number of benzene rings is 1. The average molecular weight is 433 g/mol. The van der Waals surface area contributed by atoms with E-state index in [2.05, 4.69) is 33.5 Å². The predicted octanol–water partition coefficient (Wildman–Crippen LogP) is 3.90. The molecule has 1 fully saturated rings. The second-order valence-corrected chi connectivity index (χ2v) is 8.34. The summed E-state index contributed by atoms with van der Waals surface area (Å²) in [5, 5.41) is 0. The van der Waals surface area contributed by atoms with Crippen molar-refractivity contribution >= 4 is 5.91 Å². The van der Waals surface area contributed by atoms with Crippen molar-refractivity contribution in [1.82, 2.24) is 19.4 Å². The summed E-state index contributed by atoms with van der Waals surface area (Å²) in [6.07, 6.45) is 1.81. The normalized spacial score (nSPS) is 14.5. The van der Waals surface area contributed by atoms with E-state index in [0.717, 1.165) is 61.1 Å². The number of carbonyl (C=O) groups is 1. The SMILES string of the molecule is CCOc1ccc(CN2CCN(C(=O)c3cc(C)n(Cc4ccccn4)c3C)CC2)cc1. The number of aromatic nitrogens is 2. The number of rotatable bonds is 7. The highest BCUT2D eigenvalue weighted by atomic mass is 16.5. The lowest BCUT2D eigenvalue weighted by Gasteiger charge is -2.34. The Bertz CT molecular complexity index is 1040. The average Bonchev–Trinajstić information content (AvgIpc) is 3.09. The Kier molecular flexibility index (Phi) is 6.90. The van der Waals surface area contributed by atoms with Crippen LogP contribution in [0.15, 0.2) is 54.7 Å². The molecule has 1 aromatic carbocycles. The molecular formula is C26H32N4O2. The van der Waals surface area contributed by atoms with Gasteiger partial charge in [0.2, 0.25) is 0 Å². The van der Waals surface area contributed by atoms with Crippen LogP contribution in [0.1, 0.15) is 39.9 Å². The first kappa shape index (κ1) is 22.1. The third-order valence-electron chi connectivity index (χ3n) is 6.15. The zero-order valence-electron chi connectivity index (χ0n) is 19.3. The summed E-state index contributed by atoms with van der Waals surface area (Å²) in [6, 6.07) is 16.3. The Labute approximate surface area is 190 Å². The van der Waals surface area contributed by atoms with Crippen LogP contribution in [0.5, 0.6) is 5.75 Å². The molecule has 0 aliphatic carbocycles. The van der Waals surface area contributed by atoms with Gasteiger partial charge in [0, 0.05) is 50.3 Å². The third-order valence-corrected chi connectivity index (χ3v) is 6.15. The third kappa shape index (κ3) is 5.02. The van der Waals surface area contributed by atoms with Crippen molar-refractivity contribution in [2.24, 2.45) is 0 Å². The fourth-order valence-electron chi connectivity index (χ4n) is 4.31. The summed E-state index contributed by atoms with van der Waals surface area (Å²) in [6.45, 7) is 11.6. The quantitative estimate of drug-likeness (QED) is 0.568. The van der Waals surface area contributed by atoms with Crippen LogP contribution < -0.4 is 4.74 Å². The number of hydrogen-bond donors (Lipinski definition) is 0. The van der Waals surface area contributed by atoms with Gasteiger partial charge in [0.15, 0.2) is 0 Å². The topological polar surface area (TPSA) is 50.6 Å². The van der Waals surface area contributed by atoms with Gasteiger partial charge in [0.25, 0.3) is 5.91 Å². The van der Waals surface area contributed by atoms with Gasteiger partial charge in [-0.3, -0.25) is 14.7 Å². The van der Waals surface area contributed by atoms with Crippen molar-refractivity contribution in [2.45, 2.75) is 33.9 Å². The van der Waals surface area contributed by atoms with Crippen LogP contribution in [-0.4, -0.2) is 58.0 Å². The highest BCUT2D eigenvalue weighted by Gasteiger charge is 2.25. The van der Waals surface area contributed by atoms with Crippen molar-refractivity contribution in [2.75, 3.05) is 32.8 Å². The minimum atomic E-state index is 0.131. The minimum absolute atomic E-state index is 0.131. The van der Waals surface area contributed by atoms with E-state index in [1.807, 2.05) is 61.3 Å².